The first-order chi connectivity index (χ1) is 8.02. The van der Waals surface area contributed by atoms with Gasteiger partial charge in [0, 0.05) is 6.04 Å². The Balaban J connectivity index is 2.18. The lowest BCUT2D eigenvalue weighted by Gasteiger charge is -2.39. The highest BCUT2D eigenvalue weighted by Crippen LogP contribution is 2.42. The summed E-state index contributed by atoms with van der Waals surface area (Å²) < 4.78 is 5.19. The van der Waals surface area contributed by atoms with E-state index in [4.69, 9.17) is 10.5 Å². The zero-order valence-corrected chi connectivity index (χ0v) is 11.1. The van der Waals surface area contributed by atoms with Crippen LogP contribution in [0.1, 0.15) is 44.6 Å². The molecule has 1 saturated carbocycles. The molecule has 2 rings (SSSR count). The second-order valence-electron chi connectivity index (χ2n) is 5.95. The predicted octanol–water partition coefficient (Wildman–Crippen LogP) is 3.32. The average molecular weight is 233 g/mol. The van der Waals surface area contributed by atoms with Crippen molar-refractivity contribution in [2.24, 2.45) is 11.1 Å². The van der Waals surface area contributed by atoms with Crippen molar-refractivity contribution in [3.8, 4) is 5.75 Å². The molecule has 0 bridgehead atoms. The Morgan fingerprint density at radius 2 is 1.88 bits per heavy atom. The Bertz CT molecular complexity index is 369. The van der Waals surface area contributed by atoms with Crippen LogP contribution in [0.25, 0.3) is 0 Å². The number of rotatable bonds is 2. The molecule has 1 aromatic carbocycles. The SMILES string of the molecule is COc1ccc(C2CC(C)(C)CCC2N)cc1. The molecule has 0 spiro atoms. The molecule has 94 valence electrons. The van der Waals surface area contributed by atoms with E-state index in [2.05, 4.69) is 26.0 Å². The molecule has 2 unspecified atom stereocenters. The van der Waals surface area contributed by atoms with Gasteiger partial charge in [-0.05, 0) is 48.3 Å². The van der Waals surface area contributed by atoms with Gasteiger partial charge in [-0.15, -0.1) is 0 Å². The Kier molecular flexibility index (Phi) is 3.43. The van der Waals surface area contributed by atoms with E-state index in [0.717, 1.165) is 12.2 Å². The molecule has 1 aliphatic rings. The normalized spacial score (nSPS) is 27.8. The Labute approximate surface area is 104 Å². The molecule has 1 aliphatic carbocycles. The van der Waals surface area contributed by atoms with E-state index < -0.39 is 0 Å². The fraction of sp³-hybridized carbons (Fsp3) is 0.600. The summed E-state index contributed by atoms with van der Waals surface area (Å²) in [6.45, 7) is 4.69. The van der Waals surface area contributed by atoms with E-state index in [1.807, 2.05) is 12.1 Å². The van der Waals surface area contributed by atoms with Gasteiger partial charge < -0.3 is 10.5 Å². The van der Waals surface area contributed by atoms with Gasteiger partial charge in [0.25, 0.3) is 0 Å². The number of nitrogens with two attached hydrogens (primary N) is 1. The summed E-state index contributed by atoms with van der Waals surface area (Å²) in [5.74, 6) is 1.40. The number of benzene rings is 1. The van der Waals surface area contributed by atoms with Gasteiger partial charge in [0.1, 0.15) is 5.75 Å². The van der Waals surface area contributed by atoms with E-state index in [9.17, 15) is 0 Å². The molecule has 0 amide bonds. The molecule has 2 heteroatoms. The largest absolute Gasteiger partial charge is 0.497 e. The van der Waals surface area contributed by atoms with Crippen molar-refractivity contribution < 1.29 is 4.74 Å². The second kappa shape index (κ2) is 4.69. The summed E-state index contributed by atoms with van der Waals surface area (Å²) in [6, 6.07) is 8.68. The van der Waals surface area contributed by atoms with Crippen molar-refractivity contribution in [2.45, 2.75) is 45.1 Å². The van der Waals surface area contributed by atoms with Crippen molar-refractivity contribution in [2.75, 3.05) is 7.11 Å². The molecule has 2 nitrogen and oxygen atoms in total. The molecule has 2 N–H and O–H groups in total. The molecular formula is C15H23NO. The maximum atomic E-state index is 6.27. The van der Waals surface area contributed by atoms with Crippen molar-refractivity contribution >= 4 is 0 Å². The van der Waals surface area contributed by atoms with Crippen LogP contribution >= 0.6 is 0 Å². The first kappa shape index (κ1) is 12.4. The van der Waals surface area contributed by atoms with Crippen LogP contribution in [-0.2, 0) is 0 Å². The third kappa shape index (κ3) is 2.81. The third-order valence-corrected chi connectivity index (χ3v) is 3.99. The minimum atomic E-state index is 0.302. The minimum absolute atomic E-state index is 0.302. The van der Waals surface area contributed by atoms with Crippen LogP contribution in [0.3, 0.4) is 0 Å². The quantitative estimate of drug-likeness (QED) is 0.850. The van der Waals surface area contributed by atoms with Gasteiger partial charge in [-0.2, -0.15) is 0 Å². The van der Waals surface area contributed by atoms with Crippen LogP contribution in [0.2, 0.25) is 0 Å². The van der Waals surface area contributed by atoms with Crippen LogP contribution in [-0.4, -0.2) is 13.2 Å². The third-order valence-electron chi connectivity index (χ3n) is 3.99. The van der Waals surface area contributed by atoms with Crippen LogP contribution in [0, 0.1) is 5.41 Å². The van der Waals surface area contributed by atoms with Crippen molar-refractivity contribution in [1.82, 2.24) is 0 Å². The van der Waals surface area contributed by atoms with Crippen LogP contribution in [0.5, 0.6) is 5.75 Å². The fourth-order valence-electron chi connectivity index (χ4n) is 2.82. The molecule has 1 aromatic rings. The van der Waals surface area contributed by atoms with Crippen molar-refractivity contribution in [1.29, 1.82) is 0 Å². The zero-order valence-electron chi connectivity index (χ0n) is 11.1. The first-order valence-corrected chi connectivity index (χ1v) is 6.41. The second-order valence-corrected chi connectivity index (χ2v) is 5.95. The summed E-state index contributed by atoms with van der Waals surface area (Å²) >= 11 is 0. The van der Waals surface area contributed by atoms with E-state index >= 15 is 0 Å². The Morgan fingerprint density at radius 1 is 1.24 bits per heavy atom. The van der Waals surface area contributed by atoms with Gasteiger partial charge in [-0.3, -0.25) is 0 Å². The lowest BCUT2D eigenvalue weighted by Crippen LogP contribution is -2.37. The first-order valence-electron chi connectivity index (χ1n) is 6.41. The molecule has 2 atom stereocenters. The van der Waals surface area contributed by atoms with Crippen LogP contribution < -0.4 is 10.5 Å². The number of methoxy groups -OCH3 is 1. The van der Waals surface area contributed by atoms with Crippen LogP contribution in [0.15, 0.2) is 24.3 Å². The fourth-order valence-corrected chi connectivity index (χ4v) is 2.82. The molecule has 1 fully saturated rings. The zero-order chi connectivity index (χ0) is 12.5. The highest BCUT2D eigenvalue weighted by atomic mass is 16.5. The number of hydrogen-bond donors (Lipinski definition) is 1. The molecule has 0 aromatic heterocycles. The Hall–Kier alpha value is -1.02. The summed E-state index contributed by atoms with van der Waals surface area (Å²) in [5.41, 5.74) is 8.04. The maximum absolute atomic E-state index is 6.27. The smallest absolute Gasteiger partial charge is 0.118 e. The molecule has 17 heavy (non-hydrogen) atoms. The molecule has 0 heterocycles. The summed E-state index contributed by atoms with van der Waals surface area (Å²) in [7, 11) is 1.70. The predicted molar refractivity (Wildman–Crippen MR) is 71.3 cm³/mol. The molecule has 0 radical (unpaired) electrons. The molecular weight excluding hydrogens is 210 g/mol. The highest BCUT2D eigenvalue weighted by Gasteiger charge is 2.33. The monoisotopic (exact) mass is 233 g/mol. The maximum Gasteiger partial charge on any atom is 0.118 e. The van der Waals surface area contributed by atoms with Crippen LogP contribution in [0.4, 0.5) is 0 Å². The number of ether oxygens (including phenoxy) is 1. The molecule has 0 aliphatic heterocycles. The van der Waals surface area contributed by atoms with E-state index in [-0.39, 0.29) is 0 Å². The van der Waals surface area contributed by atoms with Gasteiger partial charge in [0.2, 0.25) is 0 Å². The van der Waals surface area contributed by atoms with Crippen molar-refractivity contribution in [3.63, 3.8) is 0 Å². The van der Waals surface area contributed by atoms with Gasteiger partial charge in [-0.25, -0.2) is 0 Å². The van der Waals surface area contributed by atoms with Gasteiger partial charge >= 0.3 is 0 Å². The molecule has 0 saturated heterocycles. The van der Waals surface area contributed by atoms with Gasteiger partial charge in [0.15, 0.2) is 0 Å². The van der Waals surface area contributed by atoms with Gasteiger partial charge in [-0.1, -0.05) is 26.0 Å². The van der Waals surface area contributed by atoms with E-state index in [1.54, 1.807) is 7.11 Å². The van der Waals surface area contributed by atoms with Crippen molar-refractivity contribution in [3.05, 3.63) is 29.8 Å². The summed E-state index contributed by atoms with van der Waals surface area (Å²) in [6.07, 6.45) is 3.55. The summed E-state index contributed by atoms with van der Waals surface area (Å²) in [4.78, 5) is 0. The number of hydrogen-bond acceptors (Lipinski definition) is 2. The lowest BCUT2D eigenvalue weighted by atomic mass is 9.68. The van der Waals surface area contributed by atoms with E-state index in [0.29, 0.717) is 17.4 Å². The lowest BCUT2D eigenvalue weighted by molar-refractivity contribution is 0.198. The summed E-state index contributed by atoms with van der Waals surface area (Å²) in [5, 5.41) is 0. The Morgan fingerprint density at radius 3 is 2.47 bits per heavy atom. The van der Waals surface area contributed by atoms with Gasteiger partial charge in [0.05, 0.1) is 7.11 Å². The standard InChI is InChI=1S/C15H23NO/c1-15(2)9-8-14(16)13(10-15)11-4-6-12(17-3)7-5-11/h4-7,13-14H,8-10,16H2,1-3H3. The highest BCUT2D eigenvalue weighted by molar-refractivity contribution is 5.30. The average Bonchev–Trinajstić information content (AvgIpc) is 2.33. The topological polar surface area (TPSA) is 35.2 Å². The minimum Gasteiger partial charge on any atom is -0.497 e. The van der Waals surface area contributed by atoms with E-state index in [1.165, 1.54) is 18.4 Å².